The Balaban J connectivity index is 1.72. The van der Waals surface area contributed by atoms with Crippen molar-refractivity contribution in [3.8, 4) is 11.5 Å². The lowest BCUT2D eigenvalue weighted by Crippen LogP contribution is -2.39. The molecule has 2 aliphatic heterocycles. The lowest BCUT2D eigenvalue weighted by molar-refractivity contribution is -0.139. The van der Waals surface area contributed by atoms with Crippen LogP contribution >= 0.6 is 33.9 Å². The number of hydrogen-bond acceptors (Lipinski definition) is 7. The monoisotopic (exact) mass is 574 g/mol. The molecule has 2 aromatic carbocycles. The molecule has 1 aromatic heterocycles. The van der Waals surface area contributed by atoms with Gasteiger partial charge in [-0.15, -0.1) is 0 Å². The Morgan fingerprint density at radius 3 is 2.76 bits per heavy atom. The normalized spacial score (nSPS) is 17.1. The van der Waals surface area contributed by atoms with Crippen molar-refractivity contribution >= 4 is 46.0 Å². The van der Waals surface area contributed by atoms with Crippen molar-refractivity contribution < 1.29 is 19.0 Å². The van der Waals surface area contributed by atoms with Crippen molar-refractivity contribution in [3.05, 3.63) is 88.1 Å². The first kappa shape index (κ1) is 21.9. The van der Waals surface area contributed by atoms with Gasteiger partial charge in [-0.3, -0.25) is 9.36 Å². The van der Waals surface area contributed by atoms with Gasteiger partial charge in [0.1, 0.15) is 0 Å². The van der Waals surface area contributed by atoms with E-state index in [-0.39, 0.29) is 19.0 Å². The zero-order chi connectivity index (χ0) is 23.1. The van der Waals surface area contributed by atoms with E-state index in [0.717, 1.165) is 14.7 Å². The topological polar surface area (TPSA) is 79.1 Å². The molecular formula is C24H19IN2O5S. The van der Waals surface area contributed by atoms with Gasteiger partial charge in [-0.25, -0.2) is 9.79 Å². The largest absolute Gasteiger partial charge is 0.463 e. The van der Waals surface area contributed by atoms with E-state index in [9.17, 15) is 9.59 Å². The molecule has 0 N–H and O–H groups in total. The molecule has 0 spiro atoms. The Morgan fingerprint density at radius 2 is 2.00 bits per heavy atom. The Kier molecular flexibility index (Phi) is 5.83. The molecule has 33 heavy (non-hydrogen) atoms. The van der Waals surface area contributed by atoms with Crippen LogP contribution in [0.15, 0.2) is 63.5 Å². The fraction of sp³-hybridized carbons (Fsp3) is 0.208. The van der Waals surface area contributed by atoms with Crippen LogP contribution in [0.2, 0.25) is 0 Å². The fourth-order valence-corrected chi connectivity index (χ4v) is 5.31. The maximum atomic E-state index is 13.6. The third kappa shape index (κ3) is 3.99. The molecule has 5 rings (SSSR count). The van der Waals surface area contributed by atoms with E-state index in [4.69, 9.17) is 14.2 Å². The maximum Gasteiger partial charge on any atom is 0.338 e. The average molecular weight is 574 g/mol. The minimum absolute atomic E-state index is 0.136. The molecule has 7 nitrogen and oxygen atoms in total. The van der Waals surface area contributed by atoms with Gasteiger partial charge in [0.2, 0.25) is 6.79 Å². The third-order valence-electron chi connectivity index (χ3n) is 5.40. The number of carbonyl (C=O) groups is 1. The second-order valence-electron chi connectivity index (χ2n) is 7.47. The zero-order valence-corrected chi connectivity index (χ0v) is 20.8. The predicted octanol–water partition coefficient (Wildman–Crippen LogP) is 3.13. The molecule has 168 valence electrons. The van der Waals surface area contributed by atoms with Gasteiger partial charge in [0.25, 0.3) is 5.56 Å². The molecule has 3 aromatic rings. The molecule has 2 aliphatic rings. The molecule has 0 radical (unpaired) electrons. The van der Waals surface area contributed by atoms with Gasteiger partial charge in [0.05, 0.1) is 28.5 Å². The van der Waals surface area contributed by atoms with Gasteiger partial charge in [-0.2, -0.15) is 0 Å². The molecule has 0 aliphatic carbocycles. The summed E-state index contributed by atoms with van der Waals surface area (Å²) in [4.78, 5) is 31.7. The van der Waals surface area contributed by atoms with Gasteiger partial charge < -0.3 is 14.2 Å². The smallest absolute Gasteiger partial charge is 0.338 e. The van der Waals surface area contributed by atoms with Crippen molar-refractivity contribution in [2.45, 2.75) is 19.9 Å². The van der Waals surface area contributed by atoms with Crippen LogP contribution in [-0.2, 0) is 9.53 Å². The van der Waals surface area contributed by atoms with Crippen LogP contribution < -0.4 is 24.4 Å². The molecule has 0 fully saturated rings. The van der Waals surface area contributed by atoms with E-state index in [2.05, 4.69) is 27.6 Å². The Morgan fingerprint density at radius 1 is 1.24 bits per heavy atom. The minimum atomic E-state index is -0.686. The summed E-state index contributed by atoms with van der Waals surface area (Å²) >= 11 is 3.54. The van der Waals surface area contributed by atoms with Crippen LogP contribution in [0, 0.1) is 3.57 Å². The Labute approximate surface area is 206 Å². The van der Waals surface area contributed by atoms with Crippen molar-refractivity contribution in [1.29, 1.82) is 0 Å². The van der Waals surface area contributed by atoms with Gasteiger partial charge in [-0.1, -0.05) is 29.5 Å². The van der Waals surface area contributed by atoms with E-state index < -0.39 is 12.0 Å². The van der Waals surface area contributed by atoms with E-state index in [1.165, 1.54) is 11.3 Å². The summed E-state index contributed by atoms with van der Waals surface area (Å²) in [7, 11) is 0. The van der Waals surface area contributed by atoms with E-state index in [1.54, 1.807) is 30.5 Å². The van der Waals surface area contributed by atoms with Crippen LogP contribution in [0.3, 0.4) is 0 Å². The van der Waals surface area contributed by atoms with Crippen molar-refractivity contribution in [1.82, 2.24) is 4.57 Å². The first-order valence-electron chi connectivity index (χ1n) is 10.3. The highest BCUT2D eigenvalue weighted by Crippen LogP contribution is 2.38. The van der Waals surface area contributed by atoms with Crippen LogP contribution in [0.4, 0.5) is 0 Å². The predicted molar refractivity (Wildman–Crippen MR) is 132 cm³/mol. The zero-order valence-electron chi connectivity index (χ0n) is 17.8. The van der Waals surface area contributed by atoms with Crippen molar-refractivity contribution in [3.63, 3.8) is 0 Å². The molecule has 0 amide bonds. The SMILES string of the molecule is CCOC(=O)C1=C(C)N=c2s/c(=C\c3ccc(I)cc3)c(=O)n2[C@H]1c1ccc2c(c1)OCO2. The number of fused-ring (bicyclic) bond motifs is 2. The highest BCUT2D eigenvalue weighted by Gasteiger charge is 2.34. The Hall–Kier alpha value is -2.92. The van der Waals surface area contributed by atoms with Crippen LogP contribution in [0.1, 0.15) is 31.0 Å². The first-order chi connectivity index (χ1) is 16.0. The molecule has 0 saturated carbocycles. The lowest BCUT2D eigenvalue weighted by Gasteiger charge is -2.24. The summed E-state index contributed by atoms with van der Waals surface area (Å²) < 4.78 is 19.5. The van der Waals surface area contributed by atoms with Gasteiger partial charge in [0, 0.05) is 3.57 Å². The van der Waals surface area contributed by atoms with Gasteiger partial charge >= 0.3 is 5.97 Å². The molecule has 0 bridgehead atoms. The Bertz CT molecular complexity index is 1470. The summed E-state index contributed by atoms with van der Waals surface area (Å²) in [5, 5.41) is 0. The average Bonchev–Trinajstić information content (AvgIpc) is 3.38. The molecule has 1 atom stereocenters. The van der Waals surface area contributed by atoms with Crippen molar-refractivity contribution in [2.24, 2.45) is 4.99 Å². The minimum Gasteiger partial charge on any atom is -0.463 e. The summed E-state index contributed by atoms with van der Waals surface area (Å²) in [6.07, 6.45) is 1.85. The van der Waals surface area contributed by atoms with E-state index in [0.29, 0.717) is 32.1 Å². The van der Waals surface area contributed by atoms with Gasteiger partial charge in [-0.05, 0) is 77.9 Å². The summed E-state index contributed by atoms with van der Waals surface area (Å²) in [5.74, 6) is 0.711. The highest BCUT2D eigenvalue weighted by atomic mass is 127. The number of rotatable bonds is 4. The van der Waals surface area contributed by atoms with Crippen LogP contribution in [-0.4, -0.2) is 23.9 Å². The number of carbonyl (C=O) groups excluding carboxylic acids is 1. The molecule has 9 heteroatoms. The lowest BCUT2D eigenvalue weighted by atomic mass is 9.95. The number of nitrogens with zero attached hydrogens (tertiary/aromatic N) is 2. The van der Waals surface area contributed by atoms with Crippen LogP contribution in [0.5, 0.6) is 11.5 Å². The highest BCUT2D eigenvalue weighted by molar-refractivity contribution is 14.1. The third-order valence-corrected chi connectivity index (χ3v) is 7.10. The first-order valence-corrected chi connectivity index (χ1v) is 12.2. The second-order valence-corrected chi connectivity index (χ2v) is 9.72. The van der Waals surface area contributed by atoms with E-state index >= 15 is 0 Å². The number of benzene rings is 2. The number of aromatic nitrogens is 1. The number of esters is 1. The number of ether oxygens (including phenoxy) is 3. The van der Waals surface area contributed by atoms with Gasteiger partial charge in [0.15, 0.2) is 16.3 Å². The van der Waals surface area contributed by atoms with E-state index in [1.807, 2.05) is 36.4 Å². The summed E-state index contributed by atoms with van der Waals surface area (Å²) in [5.41, 5.74) is 2.29. The second kappa shape index (κ2) is 8.79. The maximum absolute atomic E-state index is 13.6. The number of halogens is 1. The molecule has 0 unspecified atom stereocenters. The molecule has 0 saturated heterocycles. The standard InChI is InChI=1S/C24H19IN2O5S/c1-3-30-23(29)20-13(2)26-24-27(21(20)15-6-9-17-18(11-15)32-12-31-17)22(28)19(33-24)10-14-4-7-16(25)8-5-14/h4-11,21H,3,12H2,1-2H3/b19-10-/t21-/m0/s1. The summed E-state index contributed by atoms with van der Waals surface area (Å²) in [6, 6.07) is 12.7. The van der Waals surface area contributed by atoms with Crippen molar-refractivity contribution in [2.75, 3.05) is 13.4 Å². The number of allylic oxidation sites excluding steroid dienone is 1. The number of thiazole rings is 1. The molecular weight excluding hydrogens is 555 g/mol. The number of hydrogen-bond donors (Lipinski definition) is 0. The summed E-state index contributed by atoms with van der Waals surface area (Å²) in [6.45, 7) is 3.87. The quantitative estimate of drug-likeness (QED) is 0.354. The molecule has 3 heterocycles. The fourth-order valence-electron chi connectivity index (χ4n) is 3.90. The van der Waals surface area contributed by atoms with Crippen LogP contribution in [0.25, 0.3) is 6.08 Å².